The lowest BCUT2D eigenvalue weighted by Gasteiger charge is -2.15. The average Bonchev–Trinajstić information content (AvgIpc) is 3.24. The highest BCUT2D eigenvalue weighted by atomic mass is 32.2. The summed E-state index contributed by atoms with van der Waals surface area (Å²) in [5, 5.41) is 5.04. The molecule has 0 aliphatic heterocycles. The Balaban J connectivity index is 1.54. The maximum atomic E-state index is 12.9. The number of aromatic nitrogens is 2. The summed E-state index contributed by atoms with van der Waals surface area (Å²) in [5.74, 6) is 0.602. The molecule has 0 saturated heterocycles. The van der Waals surface area contributed by atoms with Crippen LogP contribution < -0.4 is 10.9 Å². The molecule has 4 aromatic rings. The summed E-state index contributed by atoms with van der Waals surface area (Å²) in [5.41, 5.74) is 3.29. The Morgan fingerprint density at radius 2 is 1.81 bits per heavy atom. The van der Waals surface area contributed by atoms with Crippen molar-refractivity contribution in [2.75, 3.05) is 5.32 Å². The Kier molecular flexibility index (Phi) is 7.07. The molecule has 0 aliphatic rings. The number of amides is 1. The van der Waals surface area contributed by atoms with Crippen LogP contribution in [0.4, 0.5) is 5.69 Å². The Morgan fingerprint density at radius 3 is 2.56 bits per heavy atom. The third-order valence-corrected chi connectivity index (χ3v) is 7.34. The van der Waals surface area contributed by atoms with E-state index in [0.29, 0.717) is 10.7 Å². The van der Waals surface area contributed by atoms with Crippen LogP contribution in [0.2, 0.25) is 0 Å². The maximum Gasteiger partial charge on any atom is 0.259 e. The van der Waals surface area contributed by atoms with E-state index in [9.17, 15) is 9.59 Å². The molecule has 0 bridgehead atoms. The Labute approximate surface area is 195 Å². The van der Waals surface area contributed by atoms with Crippen molar-refractivity contribution in [1.82, 2.24) is 9.38 Å². The van der Waals surface area contributed by atoms with E-state index >= 15 is 0 Å². The second kappa shape index (κ2) is 10.1. The largest absolute Gasteiger partial charge is 0.325 e. The van der Waals surface area contributed by atoms with Gasteiger partial charge in [-0.05, 0) is 30.5 Å². The van der Waals surface area contributed by atoms with Crippen LogP contribution in [0.5, 0.6) is 0 Å². The summed E-state index contributed by atoms with van der Waals surface area (Å²) < 4.78 is 1.66. The fourth-order valence-electron chi connectivity index (χ4n) is 3.59. The summed E-state index contributed by atoms with van der Waals surface area (Å²) in [6.45, 7) is 4.06. The fraction of sp³-hybridized carbons (Fsp3) is 0.240. The SMILES string of the molecule is CCC(CC)C(=O)Nc1ccccc1SCc1cc(=O)n2c(-c3ccccc3)csc2n1. The topological polar surface area (TPSA) is 63.5 Å². The monoisotopic (exact) mass is 463 g/mol. The number of carbonyl (C=O) groups excluding carboxylic acids is 1. The van der Waals surface area contributed by atoms with E-state index in [1.165, 1.54) is 11.3 Å². The Bertz CT molecular complexity index is 1280. The normalized spacial score (nSPS) is 11.2. The molecule has 0 atom stereocenters. The molecule has 0 saturated carbocycles. The van der Waals surface area contributed by atoms with E-state index in [-0.39, 0.29) is 17.4 Å². The third-order valence-electron chi connectivity index (χ3n) is 5.40. The minimum atomic E-state index is -0.0824. The fourth-order valence-corrected chi connectivity index (χ4v) is 5.41. The van der Waals surface area contributed by atoms with Gasteiger partial charge in [-0.3, -0.25) is 14.0 Å². The van der Waals surface area contributed by atoms with Gasteiger partial charge in [0.15, 0.2) is 4.96 Å². The standard InChI is InChI=1S/C25H25N3O2S2/c1-3-17(4-2)24(30)27-20-12-8-9-13-22(20)31-15-19-14-23(29)28-21(16-32-25(28)26-19)18-10-6-5-7-11-18/h5-14,16-17H,3-4,15H2,1-2H3,(H,27,30). The predicted molar refractivity (Wildman–Crippen MR) is 133 cm³/mol. The van der Waals surface area contributed by atoms with Crippen molar-refractivity contribution in [3.05, 3.63) is 82.1 Å². The lowest BCUT2D eigenvalue weighted by Crippen LogP contribution is -2.21. The van der Waals surface area contributed by atoms with Gasteiger partial charge < -0.3 is 5.32 Å². The van der Waals surface area contributed by atoms with Crippen LogP contribution >= 0.6 is 23.1 Å². The summed E-state index contributed by atoms with van der Waals surface area (Å²) in [4.78, 5) is 31.8. The summed E-state index contributed by atoms with van der Waals surface area (Å²) in [6, 6.07) is 19.2. The smallest absolute Gasteiger partial charge is 0.259 e. The van der Waals surface area contributed by atoms with Crippen LogP contribution in [-0.2, 0) is 10.5 Å². The van der Waals surface area contributed by atoms with Crippen LogP contribution in [0.3, 0.4) is 0 Å². The first-order valence-corrected chi connectivity index (χ1v) is 12.6. The second-order valence-electron chi connectivity index (χ2n) is 7.48. The van der Waals surface area contributed by atoms with Gasteiger partial charge in [0.1, 0.15) is 0 Å². The quantitative estimate of drug-likeness (QED) is 0.321. The van der Waals surface area contributed by atoms with Gasteiger partial charge in [0.2, 0.25) is 5.91 Å². The van der Waals surface area contributed by atoms with Gasteiger partial charge in [0.05, 0.1) is 17.1 Å². The van der Waals surface area contributed by atoms with Gasteiger partial charge in [0.25, 0.3) is 5.56 Å². The highest BCUT2D eigenvalue weighted by molar-refractivity contribution is 7.98. The number of thioether (sulfide) groups is 1. The number of anilines is 1. The summed E-state index contributed by atoms with van der Waals surface area (Å²) in [7, 11) is 0. The highest BCUT2D eigenvalue weighted by Gasteiger charge is 2.16. The number of fused-ring (bicyclic) bond motifs is 1. The zero-order valence-electron chi connectivity index (χ0n) is 18.1. The molecule has 1 amide bonds. The van der Waals surface area contributed by atoms with Gasteiger partial charge in [-0.1, -0.05) is 56.3 Å². The molecule has 164 valence electrons. The zero-order valence-corrected chi connectivity index (χ0v) is 19.7. The van der Waals surface area contributed by atoms with E-state index in [4.69, 9.17) is 4.98 Å². The molecule has 0 aliphatic carbocycles. The van der Waals surface area contributed by atoms with Crippen molar-refractivity contribution in [3.63, 3.8) is 0 Å². The number of hydrogen-bond acceptors (Lipinski definition) is 5. The molecule has 0 unspecified atom stereocenters. The zero-order chi connectivity index (χ0) is 22.5. The molecule has 0 radical (unpaired) electrons. The first-order chi connectivity index (χ1) is 15.6. The van der Waals surface area contributed by atoms with E-state index in [1.54, 1.807) is 22.2 Å². The number of thiazole rings is 1. The molecule has 1 N–H and O–H groups in total. The molecule has 5 nitrogen and oxygen atoms in total. The molecule has 32 heavy (non-hydrogen) atoms. The number of rotatable bonds is 8. The van der Waals surface area contributed by atoms with Gasteiger partial charge in [0, 0.05) is 28.0 Å². The van der Waals surface area contributed by atoms with Gasteiger partial charge in [-0.2, -0.15) is 0 Å². The molecule has 4 rings (SSSR count). The lowest BCUT2D eigenvalue weighted by molar-refractivity contribution is -0.120. The van der Waals surface area contributed by atoms with Gasteiger partial charge in [-0.15, -0.1) is 23.1 Å². The number of para-hydroxylation sites is 1. The van der Waals surface area contributed by atoms with Gasteiger partial charge >= 0.3 is 0 Å². The van der Waals surface area contributed by atoms with Crippen LogP contribution in [0.1, 0.15) is 32.4 Å². The maximum absolute atomic E-state index is 12.9. The summed E-state index contributed by atoms with van der Waals surface area (Å²) >= 11 is 3.03. The van der Waals surface area contributed by atoms with E-state index in [2.05, 4.69) is 5.32 Å². The van der Waals surface area contributed by atoms with Crippen molar-refractivity contribution in [2.45, 2.75) is 37.3 Å². The molecule has 2 heterocycles. The number of nitrogens with one attached hydrogen (secondary N) is 1. The summed E-state index contributed by atoms with van der Waals surface area (Å²) in [6.07, 6.45) is 1.63. The van der Waals surface area contributed by atoms with Crippen molar-refractivity contribution >= 4 is 39.7 Å². The van der Waals surface area contributed by atoms with Crippen LogP contribution in [0.25, 0.3) is 16.2 Å². The average molecular weight is 464 g/mol. The molecule has 0 fully saturated rings. The molecule has 2 aromatic carbocycles. The van der Waals surface area contributed by atoms with E-state index in [0.717, 1.165) is 40.4 Å². The minimum absolute atomic E-state index is 0.00909. The van der Waals surface area contributed by atoms with E-state index in [1.807, 2.05) is 73.8 Å². The van der Waals surface area contributed by atoms with Crippen molar-refractivity contribution in [2.24, 2.45) is 5.92 Å². The first kappa shape index (κ1) is 22.3. The van der Waals surface area contributed by atoms with Crippen molar-refractivity contribution < 1.29 is 4.79 Å². The number of carbonyl (C=O) groups is 1. The van der Waals surface area contributed by atoms with E-state index < -0.39 is 0 Å². The van der Waals surface area contributed by atoms with Crippen molar-refractivity contribution in [1.29, 1.82) is 0 Å². The number of benzene rings is 2. The molecule has 2 aromatic heterocycles. The Morgan fingerprint density at radius 1 is 1.09 bits per heavy atom. The number of nitrogens with zero attached hydrogens (tertiary/aromatic N) is 2. The minimum Gasteiger partial charge on any atom is -0.325 e. The van der Waals surface area contributed by atoms with Crippen LogP contribution in [-0.4, -0.2) is 15.3 Å². The molecule has 0 spiro atoms. The predicted octanol–water partition coefficient (Wildman–Crippen LogP) is 6.09. The lowest BCUT2D eigenvalue weighted by atomic mass is 10.0. The van der Waals surface area contributed by atoms with Crippen LogP contribution in [0.15, 0.2) is 75.7 Å². The Hall–Kier alpha value is -2.90. The third kappa shape index (κ3) is 4.79. The van der Waals surface area contributed by atoms with Crippen molar-refractivity contribution in [3.8, 4) is 11.3 Å². The molecular weight excluding hydrogens is 438 g/mol. The van der Waals surface area contributed by atoms with Gasteiger partial charge in [-0.25, -0.2) is 4.98 Å². The number of hydrogen-bond donors (Lipinski definition) is 1. The highest BCUT2D eigenvalue weighted by Crippen LogP contribution is 2.31. The molecule has 7 heteroatoms. The second-order valence-corrected chi connectivity index (χ2v) is 9.33. The first-order valence-electron chi connectivity index (χ1n) is 10.7. The van der Waals surface area contributed by atoms with Crippen LogP contribution in [0, 0.1) is 5.92 Å². The molecular formula is C25H25N3O2S2.